The highest BCUT2D eigenvalue weighted by molar-refractivity contribution is 6.06. The summed E-state index contributed by atoms with van der Waals surface area (Å²) >= 11 is 0. The SMILES string of the molecule is C/C=C/CCNC(=O)c1cc(C)nc2ccccc12. The number of nitrogens with zero attached hydrogens (tertiary/aromatic N) is 1. The van der Waals surface area contributed by atoms with Crippen LogP contribution < -0.4 is 5.32 Å². The highest BCUT2D eigenvalue weighted by Gasteiger charge is 2.10. The second-order valence-corrected chi connectivity index (χ2v) is 4.44. The number of fused-ring (bicyclic) bond motifs is 1. The monoisotopic (exact) mass is 254 g/mol. The summed E-state index contributed by atoms with van der Waals surface area (Å²) in [5, 5.41) is 3.83. The number of carbonyl (C=O) groups excluding carboxylic acids is 1. The first kappa shape index (κ1) is 13.3. The Kier molecular flexibility index (Phi) is 4.29. The second-order valence-electron chi connectivity index (χ2n) is 4.44. The number of pyridine rings is 1. The Morgan fingerprint density at radius 3 is 2.95 bits per heavy atom. The van der Waals surface area contributed by atoms with Gasteiger partial charge in [-0.05, 0) is 32.4 Å². The number of amides is 1. The number of para-hydroxylation sites is 1. The van der Waals surface area contributed by atoms with Gasteiger partial charge in [-0.2, -0.15) is 0 Å². The molecule has 0 aliphatic carbocycles. The normalized spacial score (nSPS) is 11.1. The van der Waals surface area contributed by atoms with Gasteiger partial charge in [0, 0.05) is 17.6 Å². The molecule has 1 aromatic carbocycles. The molecular formula is C16H18N2O. The van der Waals surface area contributed by atoms with Crippen LogP contribution in [0, 0.1) is 6.92 Å². The Balaban J connectivity index is 2.26. The average Bonchev–Trinajstić information content (AvgIpc) is 2.42. The molecule has 1 aromatic heterocycles. The highest BCUT2D eigenvalue weighted by atomic mass is 16.1. The van der Waals surface area contributed by atoms with Crippen LogP contribution in [0.3, 0.4) is 0 Å². The molecule has 0 fully saturated rings. The molecule has 0 saturated carbocycles. The number of rotatable bonds is 4. The summed E-state index contributed by atoms with van der Waals surface area (Å²) < 4.78 is 0. The van der Waals surface area contributed by atoms with Gasteiger partial charge in [0.15, 0.2) is 0 Å². The quantitative estimate of drug-likeness (QED) is 0.672. The average molecular weight is 254 g/mol. The van der Waals surface area contributed by atoms with E-state index in [1.54, 1.807) is 0 Å². The molecule has 1 N–H and O–H groups in total. The zero-order valence-electron chi connectivity index (χ0n) is 11.3. The van der Waals surface area contributed by atoms with Gasteiger partial charge in [-0.25, -0.2) is 0 Å². The van der Waals surface area contributed by atoms with Crippen molar-refractivity contribution in [2.45, 2.75) is 20.3 Å². The molecule has 3 nitrogen and oxygen atoms in total. The van der Waals surface area contributed by atoms with E-state index in [4.69, 9.17) is 0 Å². The van der Waals surface area contributed by atoms with E-state index >= 15 is 0 Å². The summed E-state index contributed by atoms with van der Waals surface area (Å²) in [4.78, 5) is 16.6. The van der Waals surface area contributed by atoms with Crippen molar-refractivity contribution in [3.63, 3.8) is 0 Å². The maximum atomic E-state index is 12.2. The molecular weight excluding hydrogens is 236 g/mol. The lowest BCUT2D eigenvalue weighted by Crippen LogP contribution is -2.24. The van der Waals surface area contributed by atoms with E-state index in [9.17, 15) is 4.79 Å². The molecule has 1 amide bonds. The Morgan fingerprint density at radius 2 is 2.16 bits per heavy atom. The van der Waals surface area contributed by atoms with Gasteiger partial charge in [-0.1, -0.05) is 30.4 Å². The number of allylic oxidation sites excluding steroid dienone is 1. The Hall–Kier alpha value is -2.16. The molecule has 0 spiro atoms. The minimum absolute atomic E-state index is 0.0359. The number of nitrogens with one attached hydrogen (secondary N) is 1. The van der Waals surface area contributed by atoms with E-state index in [1.807, 2.05) is 56.3 Å². The van der Waals surface area contributed by atoms with Crippen LogP contribution in [-0.2, 0) is 0 Å². The van der Waals surface area contributed by atoms with Crippen molar-refractivity contribution in [3.8, 4) is 0 Å². The number of aryl methyl sites for hydroxylation is 1. The van der Waals surface area contributed by atoms with Crippen LogP contribution in [0.25, 0.3) is 10.9 Å². The third kappa shape index (κ3) is 3.19. The van der Waals surface area contributed by atoms with E-state index in [-0.39, 0.29) is 5.91 Å². The lowest BCUT2D eigenvalue weighted by Gasteiger charge is -2.08. The van der Waals surface area contributed by atoms with Crippen LogP contribution in [0.1, 0.15) is 29.4 Å². The lowest BCUT2D eigenvalue weighted by atomic mass is 10.1. The first-order chi connectivity index (χ1) is 9.22. The zero-order chi connectivity index (χ0) is 13.7. The standard InChI is InChI=1S/C16H18N2O/c1-3-4-7-10-17-16(19)14-11-12(2)18-15-9-6-5-8-13(14)15/h3-6,8-9,11H,7,10H2,1-2H3,(H,17,19)/b4-3+. The number of carbonyl (C=O) groups is 1. The number of hydrogen-bond donors (Lipinski definition) is 1. The van der Waals surface area contributed by atoms with Gasteiger partial charge in [0.1, 0.15) is 0 Å². The van der Waals surface area contributed by atoms with Gasteiger partial charge in [0.2, 0.25) is 0 Å². The molecule has 0 atom stereocenters. The van der Waals surface area contributed by atoms with Crippen LogP contribution in [0.4, 0.5) is 0 Å². The smallest absolute Gasteiger partial charge is 0.252 e. The first-order valence-corrected chi connectivity index (χ1v) is 6.48. The van der Waals surface area contributed by atoms with Crippen molar-refractivity contribution < 1.29 is 4.79 Å². The van der Waals surface area contributed by atoms with Crippen LogP contribution in [0.15, 0.2) is 42.5 Å². The Bertz CT molecular complexity index is 617. The predicted molar refractivity (Wildman–Crippen MR) is 78.2 cm³/mol. The summed E-state index contributed by atoms with van der Waals surface area (Å²) in [5.74, 6) is -0.0359. The number of aromatic nitrogens is 1. The van der Waals surface area contributed by atoms with Crippen LogP contribution in [0.5, 0.6) is 0 Å². The highest BCUT2D eigenvalue weighted by Crippen LogP contribution is 2.17. The zero-order valence-corrected chi connectivity index (χ0v) is 11.3. The van der Waals surface area contributed by atoms with Crippen molar-refractivity contribution in [1.82, 2.24) is 10.3 Å². The van der Waals surface area contributed by atoms with E-state index < -0.39 is 0 Å². The summed E-state index contributed by atoms with van der Waals surface area (Å²) in [6.07, 6.45) is 4.87. The van der Waals surface area contributed by atoms with Gasteiger partial charge in [0.05, 0.1) is 11.1 Å². The largest absolute Gasteiger partial charge is 0.352 e. The van der Waals surface area contributed by atoms with Gasteiger partial charge >= 0.3 is 0 Å². The number of benzene rings is 1. The fraction of sp³-hybridized carbons (Fsp3) is 0.250. The molecule has 0 radical (unpaired) electrons. The van der Waals surface area contributed by atoms with Gasteiger partial charge in [-0.3, -0.25) is 9.78 Å². The van der Waals surface area contributed by atoms with Crippen molar-refractivity contribution in [1.29, 1.82) is 0 Å². The van der Waals surface area contributed by atoms with Crippen molar-refractivity contribution in [2.24, 2.45) is 0 Å². The molecule has 0 aliphatic heterocycles. The molecule has 0 unspecified atom stereocenters. The topological polar surface area (TPSA) is 42.0 Å². The van der Waals surface area contributed by atoms with Gasteiger partial charge in [-0.15, -0.1) is 0 Å². The molecule has 2 rings (SSSR count). The van der Waals surface area contributed by atoms with Crippen molar-refractivity contribution >= 4 is 16.8 Å². The van der Waals surface area contributed by atoms with E-state index in [0.29, 0.717) is 12.1 Å². The fourth-order valence-corrected chi connectivity index (χ4v) is 2.03. The predicted octanol–water partition coefficient (Wildman–Crippen LogP) is 3.24. The van der Waals surface area contributed by atoms with Crippen LogP contribution in [-0.4, -0.2) is 17.4 Å². The summed E-state index contributed by atoms with van der Waals surface area (Å²) in [6, 6.07) is 9.56. The third-order valence-corrected chi connectivity index (χ3v) is 2.92. The Morgan fingerprint density at radius 1 is 1.37 bits per heavy atom. The minimum Gasteiger partial charge on any atom is -0.352 e. The van der Waals surface area contributed by atoms with E-state index in [0.717, 1.165) is 23.0 Å². The molecule has 0 bridgehead atoms. The number of hydrogen-bond acceptors (Lipinski definition) is 2. The summed E-state index contributed by atoms with van der Waals surface area (Å²) in [6.45, 7) is 4.53. The van der Waals surface area contributed by atoms with E-state index in [2.05, 4.69) is 10.3 Å². The van der Waals surface area contributed by atoms with Gasteiger partial charge < -0.3 is 5.32 Å². The molecule has 19 heavy (non-hydrogen) atoms. The van der Waals surface area contributed by atoms with Gasteiger partial charge in [0.25, 0.3) is 5.91 Å². The first-order valence-electron chi connectivity index (χ1n) is 6.48. The Labute approximate surface area is 113 Å². The van der Waals surface area contributed by atoms with Crippen LogP contribution >= 0.6 is 0 Å². The molecule has 2 aromatic rings. The maximum Gasteiger partial charge on any atom is 0.252 e. The molecule has 3 heteroatoms. The summed E-state index contributed by atoms with van der Waals surface area (Å²) in [5.41, 5.74) is 2.42. The molecule has 0 aliphatic rings. The van der Waals surface area contributed by atoms with Crippen molar-refractivity contribution in [2.75, 3.05) is 6.54 Å². The molecule has 1 heterocycles. The lowest BCUT2D eigenvalue weighted by molar-refractivity contribution is 0.0956. The van der Waals surface area contributed by atoms with Crippen LogP contribution in [0.2, 0.25) is 0 Å². The minimum atomic E-state index is -0.0359. The fourth-order valence-electron chi connectivity index (χ4n) is 2.03. The molecule has 98 valence electrons. The third-order valence-electron chi connectivity index (χ3n) is 2.92. The maximum absolute atomic E-state index is 12.2. The van der Waals surface area contributed by atoms with Crippen molar-refractivity contribution in [3.05, 3.63) is 53.7 Å². The molecule has 0 saturated heterocycles. The summed E-state index contributed by atoms with van der Waals surface area (Å²) in [7, 11) is 0. The second kappa shape index (κ2) is 6.14. The van der Waals surface area contributed by atoms with E-state index in [1.165, 1.54) is 0 Å².